The smallest absolute Gasteiger partial charge is 0.415 e. The van der Waals surface area contributed by atoms with Crippen LogP contribution in [0, 0.1) is 27.9 Å². The lowest BCUT2D eigenvalue weighted by atomic mass is 9.55. The van der Waals surface area contributed by atoms with Crippen molar-refractivity contribution >= 4 is 29.3 Å². The first-order valence-corrected chi connectivity index (χ1v) is 22.3. The Bertz CT molecular complexity index is 2030. The third-order valence-corrected chi connectivity index (χ3v) is 12.5. The summed E-state index contributed by atoms with van der Waals surface area (Å²) in [6.45, 7) is 3.95. The molecule has 16 heteroatoms. The van der Waals surface area contributed by atoms with Crippen molar-refractivity contribution in [3.05, 3.63) is 107 Å². The number of benzene rings is 3. The monoisotopic (exact) mass is 875 g/mol. The van der Waals surface area contributed by atoms with Crippen LogP contribution in [0.15, 0.2) is 101 Å². The molecule has 3 N–H and O–H groups in total. The van der Waals surface area contributed by atoms with Crippen LogP contribution in [0.4, 0.5) is 10.5 Å². The summed E-state index contributed by atoms with van der Waals surface area (Å²) in [5.41, 5.74) is 2.17. The molecule has 3 aromatic rings. The molecule has 0 spiro atoms. The zero-order valence-electron chi connectivity index (χ0n) is 35.3. The number of carbonyl (C=O) groups excluding carboxylic acids is 1. The first-order valence-electron chi connectivity index (χ1n) is 21.1. The van der Waals surface area contributed by atoms with Crippen LogP contribution < -0.4 is 14.2 Å². The van der Waals surface area contributed by atoms with Crippen LogP contribution in [0.3, 0.4) is 0 Å². The van der Waals surface area contributed by atoms with Gasteiger partial charge in [0.15, 0.2) is 0 Å². The standard InChI is InChI=1S/C46H57N3O12S/c1-4-25-58-46-42(48(21-26-57-27-24-52)45(53)60-34-13-11-32(12-14-34)49(54)55)30-40(47-56-2)38-28-31(9-5-7-22-50)37(10-6-8-23-51)43(44(38)46)39-29-35(17-20-41(39)61-46)59-33-15-18-36(62-3)19-16-33/h4,11-20,28-29,31,37,42-44,50-52H,1,5-10,21-27,30H2,2-3H3. The summed E-state index contributed by atoms with van der Waals surface area (Å²) >= 11 is 1.64. The van der Waals surface area contributed by atoms with Gasteiger partial charge in [0, 0.05) is 54.7 Å². The maximum Gasteiger partial charge on any atom is 0.415 e. The van der Waals surface area contributed by atoms with Crippen LogP contribution in [0.1, 0.15) is 56.4 Å². The van der Waals surface area contributed by atoms with Gasteiger partial charge in [0.2, 0.25) is 5.79 Å². The maximum atomic E-state index is 14.6. The number of carbonyl (C=O) groups is 1. The van der Waals surface area contributed by atoms with Gasteiger partial charge in [0.25, 0.3) is 5.69 Å². The van der Waals surface area contributed by atoms with Crippen molar-refractivity contribution < 1.29 is 53.6 Å². The molecule has 2 aliphatic carbocycles. The second kappa shape index (κ2) is 22.4. The number of allylic oxidation sites excluding steroid dienone is 1. The van der Waals surface area contributed by atoms with Gasteiger partial charge < -0.3 is 43.8 Å². The van der Waals surface area contributed by atoms with E-state index in [0.29, 0.717) is 35.8 Å². The third kappa shape index (κ3) is 10.6. The lowest BCUT2D eigenvalue weighted by molar-refractivity contribution is -0.384. The van der Waals surface area contributed by atoms with Crippen LogP contribution in [-0.2, 0) is 14.3 Å². The molecule has 0 bridgehead atoms. The number of oxime groups is 1. The van der Waals surface area contributed by atoms with Gasteiger partial charge in [0.1, 0.15) is 36.1 Å². The molecular formula is C46H57N3O12S. The van der Waals surface area contributed by atoms with Crippen LogP contribution in [-0.4, -0.2) is 108 Å². The van der Waals surface area contributed by atoms with E-state index >= 15 is 0 Å². The predicted molar refractivity (Wildman–Crippen MR) is 234 cm³/mol. The Hall–Kier alpha value is -4.97. The fourth-order valence-corrected chi connectivity index (χ4v) is 9.51. The van der Waals surface area contributed by atoms with Crippen molar-refractivity contribution in [1.29, 1.82) is 0 Å². The summed E-state index contributed by atoms with van der Waals surface area (Å²) in [6, 6.07) is 17.9. The lowest BCUT2D eigenvalue weighted by Gasteiger charge is -2.59. The van der Waals surface area contributed by atoms with Gasteiger partial charge in [0.05, 0.1) is 43.0 Å². The van der Waals surface area contributed by atoms with Crippen molar-refractivity contribution in [2.45, 2.75) is 67.6 Å². The van der Waals surface area contributed by atoms with Crippen molar-refractivity contribution in [2.24, 2.45) is 22.9 Å². The molecule has 1 heterocycles. The van der Waals surface area contributed by atoms with Crippen molar-refractivity contribution in [3.63, 3.8) is 0 Å². The van der Waals surface area contributed by atoms with Gasteiger partial charge >= 0.3 is 6.09 Å². The van der Waals surface area contributed by atoms with Gasteiger partial charge in [-0.3, -0.25) is 15.0 Å². The molecule has 0 saturated heterocycles. The number of unbranched alkanes of at least 4 members (excludes halogenated alkanes) is 2. The minimum Gasteiger partial charge on any atom is -0.459 e. The fourth-order valence-electron chi connectivity index (χ4n) is 9.10. The number of nitrogens with zero attached hydrogens (tertiary/aromatic N) is 3. The number of aliphatic hydroxyl groups is 3. The topological polar surface area (TPSA) is 192 Å². The largest absolute Gasteiger partial charge is 0.459 e. The quantitative estimate of drug-likeness (QED) is 0.0274. The molecule has 334 valence electrons. The maximum absolute atomic E-state index is 14.6. The molecule has 3 aliphatic rings. The number of rotatable bonds is 23. The number of nitro groups is 1. The van der Waals surface area contributed by atoms with Gasteiger partial charge in [-0.1, -0.05) is 30.1 Å². The van der Waals surface area contributed by atoms with E-state index in [9.17, 15) is 30.2 Å². The molecule has 1 saturated carbocycles. The number of nitro benzene ring substituents is 1. The van der Waals surface area contributed by atoms with Gasteiger partial charge in [-0.25, -0.2) is 4.79 Å². The highest BCUT2D eigenvalue weighted by molar-refractivity contribution is 7.98. The van der Waals surface area contributed by atoms with Crippen LogP contribution in [0.25, 0.3) is 0 Å². The van der Waals surface area contributed by atoms with E-state index in [2.05, 4.69) is 17.8 Å². The molecule has 1 fully saturated rings. The predicted octanol–water partition coefficient (Wildman–Crippen LogP) is 7.88. The molecule has 6 unspecified atom stereocenters. The first-order chi connectivity index (χ1) is 30.2. The Morgan fingerprint density at radius 2 is 1.69 bits per heavy atom. The summed E-state index contributed by atoms with van der Waals surface area (Å²) in [7, 11) is 1.47. The number of ether oxygens (including phenoxy) is 5. The summed E-state index contributed by atoms with van der Waals surface area (Å²) in [5.74, 6) is -0.540. The molecular weight excluding hydrogens is 819 g/mol. The van der Waals surface area contributed by atoms with E-state index in [1.165, 1.54) is 36.3 Å². The molecule has 3 aromatic carbocycles. The average Bonchev–Trinajstić information content (AvgIpc) is 3.28. The molecule has 15 nitrogen and oxygen atoms in total. The Labute approximate surface area is 366 Å². The Kier molecular flexibility index (Phi) is 16.8. The van der Waals surface area contributed by atoms with Crippen molar-refractivity contribution in [3.8, 4) is 23.0 Å². The number of amides is 1. The second-order valence-electron chi connectivity index (χ2n) is 15.4. The molecule has 62 heavy (non-hydrogen) atoms. The van der Waals surface area contributed by atoms with E-state index in [1.54, 1.807) is 17.8 Å². The first kappa shape index (κ1) is 46.5. The summed E-state index contributed by atoms with van der Waals surface area (Å²) in [5, 5.41) is 45.3. The van der Waals surface area contributed by atoms with Crippen LogP contribution in [0.5, 0.6) is 23.0 Å². The molecule has 1 amide bonds. The minimum atomic E-state index is -1.57. The van der Waals surface area contributed by atoms with Gasteiger partial charge in [-0.15, -0.1) is 18.3 Å². The number of thioether (sulfide) groups is 1. The number of non-ortho nitro benzene ring substituents is 1. The molecule has 1 aliphatic heterocycles. The lowest BCUT2D eigenvalue weighted by Crippen LogP contribution is -2.70. The highest BCUT2D eigenvalue weighted by atomic mass is 32.2. The molecule has 0 aromatic heterocycles. The Balaban J connectivity index is 1.54. The highest BCUT2D eigenvalue weighted by Gasteiger charge is 2.65. The molecule has 6 atom stereocenters. The number of fused-ring (bicyclic) bond motifs is 2. The minimum absolute atomic E-state index is 0.0173. The number of hydrogen-bond donors (Lipinski definition) is 3. The summed E-state index contributed by atoms with van der Waals surface area (Å²) in [6.07, 6.45) is 9.52. The van der Waals surface area contributed by atoms with E-state index in [-0.39, 0.29) is 81.8 Å². The van der Waals surface area contributed by atoms with Gasteiger partial charge in [-0.05, 0) is 104 Å². The fraction of sp³-hybridized carbons (Fsp3) is 0.478. The van der Waals surface area contributed by atoms with E-state index in [0.717, 1.165) is 41.7 Å². The number of hydrogen-bond acceptors (Lipinski definition) is 14. The molecule has 6 rings (SSSR count). The number of aliphatic hydroxyl groups excluding tert-OH is 3. The van der Waals surface area contributed by atoms with E-state index in [4.69, 9.17) is 28.5 Å². The van der Waals surface area contributed by atoms with Crippen LogP contribution >= 0.6 is 11.8 Å². The highest BCUT2D eigenvalue weighted by Crippen LogP contribution is 2.62. The van der Waals surface area contributed by atoms with Crippen molar-refractivity contribution in [2.75, 3.05) is 59.6 Å². The third-order valence-electron chi connectivity index (χ3n) is 11.7. The second-order valence-corrected chi connectivity index (χ2v) is 16.3. The Morgan fingerprint density at radius 3 is 2.35 bits per heavy atom. The summed E-state index contributed by atoms with van der Waals surface area (Å²) < 4.78 is 32.4. The molecule has 0 radical (unpaired) electrons. The zero-order valence-corrected chi connectivity index (χ0v) is 36.1. The van der Waals surface area contributed by atoms with E-state index in [1.807, 2.05) is 48.7 Å². The zero-order chi connectivity index (χ0) is 44.1. The normalized spacial score (nSPS) is 23.0. The van der Waals surface area contributed by atoms with Crippen LogP contribution in [0.2, 0.25) is 0 Å². The average molecular weight is 876 g/mol. The Morgan fingerprint density at radius 1 is 0.984 bits per heavy atom. The van der Waals surface area contributed by atoms with E-state index < -0.39 is 28.8 Å². The SMILES string of the molecule is C=CCOC12Oc3ccc(Oc4ccc(SC)cc4)cc3C3C(CCCCO)C(CCCCO)C=C(C(=NOC)CC1N(CCOCCO)C(=O)Oc1ccc([N+](=O)[O-])cc1)C32. The summed E-state index contributed by atoms with van der Waals surface area (Å²) in [4.78, 5) is 33.6. The van der Waals surface area contributed by atoms with Gasteiger partial charge in [-0.2, -0.15) is 0 Å². The van der Waals surface area contributed by atoms with Crippen molar-refractivity contribution in [1.82, 2.24) is 4.90 Å².